The van der Waals surface area contributed by atoms with Gasteiger partial charge in [0, 0.05) is 19.0 Å². The van der Waals surface area contributed by atoms with Crippen molar-refractivity contribution in [1.82, 2.24) is 14.4 Å². The van der Waals surface area contributed by atoms with Crippen molar-refractivity contribution in [2.75, 3.05) is 13.1 Å². The van der Waals surface area contributed by atoms with Crippen LogP contribution in [0.2, 0.25) is 0 Å². The second-order valence-electron chi connectivity index (χ2n) is 7.73. The van der Waals surface area contributed by atoms with E-state index in [9.17, 15) is 13.2 Å². The Bertz CT molecular complexity index is 976. The maximum atomic E-state index is 12.9. The van der Waals surface area contributed by atoms with Crippen molar-refractivity contribution in [2.45, 2.75) is 58.0 Å². The van der Waals surface area contributed by atoms with Crippen LogP contribution in [-0.2, 0) is 26.2 Å². The van der Waals surface area contributed by atoms with Crippen LogP contribution in [0.15, 0.2) is 27.6 Å². The van der Waals surface area contributed by atoms with Crippen molar-refractivity contribution in [1.29, 1.82) is 0 Å². The molecule has 1 aliphatic rings. The number of esters is 1. The summed E-state index contributed by atoms with van der Waals surface area (Å²) in [6.45, 7) is 8.23. The third-order valence-corrected chi connectivity index (χ3v) is 7.14. The highest BCUT2D eigenvalue weighted by atomic mass is 32.2. The number of piperidine rings is 1. The summed E-state index contributed by atoms with van der Waals surface area (Å²) >= 11 is 0. The van der Waals surface area contributed by atoms with Gasteiger partial charge >= 0.3 is 5.97 Å². The largest absolute Gasteiger partial charge is 0.455 e. The van der Waals surface area contributed by atoms with Gasteiger partial charge in [0.15, 0.2) is 12.4 Å². The van der Waals surface area contributed by atoms with E-state index in [1.54, 1.807) is 12.1 Å². The number of aryl methyl sites for hydroxylation is 2. The number of ether oxygens (including phenoxy) is 1. The molecule has 1 aliphatic heterocycles. The number of rotatable bonds is 6. The lowest BCUT2D eigenvalue weighted by atomic mass is 9.98. The molecule has 0 bridgehead atoms. The van der Waals surface area contributed by atoms with E-state index in [0.717, 1.165) is 11.1 Å². The Morgan fingerprint density at radius 1 is 1.24 bits per heavy atom. The van der Waals surface area contributed by atoms with Crippen LogP contribution in [-0.4, -0.2) is 41.9 Å². The maximum Gasteiger partial charge on any atom is 0.309 e. The third-order valence-electron chi connectivity index (χ3n) is 5.24. The van der Waals surface area contributed by atoms with Crippen molar-refractivity contribution < 1.29 is 22.5 Å². The molecule has 0 unspecified atom stereocenters. The molecule has 9 heteroatoms. The lowest BCUT2D eigenvalue weighted by Gasteiger charge is -2.30. The Hall–Kier alpha value is -2.26. The number of sulfonamides is 1. The first-order valence-corrected chi connectivity index (χ1v) is 11.2. The first-order valence-electron chi connectivity index (χ1n) is 9.75. The molecule has 2 aromatic rings. The summed E-state index contributed by atoms with van der Waals surface area (Å²) in [5.41, 5.74) is 1.98. The molecule has 158 valence electrons. The standard InChI is InChI=1S/C20H27N3O5S/c1-13(2)19-21-18(28-22-19)12-27-20(24)16-7-9-23(10-8-16)29(25,26)17-6-5-14(3)15(4)11-17/h5-6,11,13,16H,7-10,12H2,1-4H3. The fourth-order valence-electron chi connectivity index (χ4n) is 3.17. The zero-order valence-electron chi connectivity index (χ0n) is 17.2. The Morgan fingerprint density at radius 2 is 1.93 bits per heavy atom. The van der Waals surface area contributed by atoms with E-state index in [-0.39, 0.29) is 43.4 Å². The molecule has 1 aromatic heterocycles. The molecule has 0 spiro atoms. The molecular formula is C20H27N3O5S. The van der Waals surface area contributed by atoms with E-state index in [0.29, 0.717) is 23.6 Å². The van der Waals surface area contributed by atoms with Crippen molar-refractivity contribution in [3.63, 3.8) is 0 Å². The highest BCUT2D eigenvalue weighted by molar-refractivity contribution is 7.89. The lowest BCUT2D eigenvalue weighted by molar-refractivity contribution is -0.152. The molecule has 2 heterocycles. The second kappa shape index (κ2) is 8.62. The molecule has 0 N–H and O–H groups in total. The molecule has 3 rings (SSSR count). The smallest absolute Gasteiger partial charge is 0.309 e. The van der Waals surface area contributed by atoms with E-state index in [1.165, 1.54) is 4.31 Å². The van der Waals surface area contributed by atoms with Crippen LogP contribution >= 0.6 is 0 Å². The van der Waals surface area contributed by atoms with Gasteiger partial charge in [-0.2, -0.15) is 9.29 Å². The van der Waals surface area contributed by atoms with Gasteiger partial charge in [0.1, 0.15) is 0 Å². The molecule has 0 aliphatic carbocycles. The van der Waals surface area contributed by atoms with E-state index in [1.807, 2.05) is 33.8 Å². The monoisotopic (exact) mass is 421 g/mol. The van der Waals surface area contributed by atoms with Gasteiger partial charge in [-0.25, -0.2) is 8.42 Å². The maximum absolute atomic E-state index is 12.9. The topological polar surface area (TPSA) is 103 Å². The third kappa shape index (κ3) is 4.84. The highest BCUT2D eigenvalue weighted by Crippen LogP contribution is 2.26. The average Bonchev–Trinajstić information content (AvgIpc) is 3.17. The molecule has 1 aromatic carbocycles. The van der Waals surface area contributed by atoms with E-state index >= 15 is 0 Å². The number of hydrogen-bond acceptors (Lipinski definition) is 7. The number of aromatic nitrogens is 2. The molecule has 1 fully saturated rings. The molecule has 0 amide bonds. The highest BCUT2D eigenvalue weighted by Gasteiger charge is 2.33. The summed E-state index contributed by atoms with van der Waals surface area (Å²) in [5, 5.41) is 3.83. The molecule has 0 atom stereocenters. The summed E-state index contributed by atoms with van der Waals surface area (Å²) in [6, 6.07) is 5.14. The number of nitrogens with zero attached hydrogens (tertiary/aromatic N) is 3. The average molecular weight is 422 g/mol. The van der Waals surface area contributed by atoms with Gasteiger partial charge in [-0.1, -0.05) is 25.1 Å². The van der Waals surface area contributed by atoms with Gasteiger partial charge in [0.25, 0.3) is 5.89 Å². The normalized spacial score (nSPS) is 16.3. The molecule has 0 saturated carbocycles. The Balaban J connectivity index is 1.55. The summed E-state index contributed by atoms with van der Waals surface area (Å²) in [7, 11) is -3.56. The van der Waals surface area contributed by atoms with E-state index in [2.05, 4.69) is 10.1 Å². The van der Waals surface area contributed by atoms with Gasteiger partial charge in [-0.15, -0.1) is 0 Å². The van der Waals surface area contributed by atoms with Gasteiger partial charge < -0.3 is 9.26 Å². The number of benzene rings is 1. The number of carbonyl (C=O) groups excluding carboxylic acids is 1. The van der Waals surface area contributed by atoms with Crippen LogP contribution in [0.3, 0.4) is 0 Å². The predicted octanol–water partition coefficient (Wildman–Crippen LogP) is 2.95. The summed E-state index contributed by atoms with van der Waals surface area (Å²) in [4.78, 5) is 16.8. The second-order valence-corrected chi connectivity index (χ2v) is 9.67. The number of hydrogen-bond donors (Lipinski definition) is 0. The Morgan fingerprint density at radius 3 is 2.52 bits per heavy atom. The summed E-state index contributed by atoms with van der Waals surface area (Å²) in [6.07, 6.45) is 0.841. The van der Waals surface area contributed by atoms with Crippen molar-refractivity contribution in [3.05, 3.63) is 41.0 Å². The fraction of sp³-hybridized carbons (Fsp3) is 0.550. The lowest BCUT2D eigenvalue weighted by Crippen LogP contribution is -2.40. The quantitative estimate of drug-likeness (QED) is 0.661. The first-order chi connectivity index (χ1) is 13.7. The zero-order valence-corrected chi connectivity index (χ0v) is 18.0. The predicted molar refractivity (Wildman–Crippen MR) is 106 cm³/mol. The van der Waals surface area contributed by atoms with Crippen LogP contribution in [0.4, 0.5) is 0 Å². The Kier molecular flexibility index (Phi) is 6.38. The molecule has 1 saturated heterocycles. The van der Waals surface area contributed by atoms with E-state index < -0.39 is 10.0 Å². The zero-order chi connectivity index (χ0) is 21.2. The van der Waals surface area contributed by atoms with Gasteiger partial charge in [0.05, 0.1) is 10.8 Å². The van der Waals surface area contributed by atoms with E-state index in [4.69, 9.17) is 9.26 Å². The van der Waals surface area contributed by atoms with Gasteiger partial charge in [0.2, 0.25) is 10.0 Å². The van der Waals surface area contributed by atoms with Crippen LogP contribution in [0.25, 0.3) is 0 Å². The molecule has 8 nitrogen and oxygen atoms in total. The number of carbonyl (C=O) groups is 1. The summed E-state index contributed by atoms with van der Waals surface area (Å²) in [5.74, 6) is 0.260. The van der Waals surface area contributed by atoms with Crippen molar-refractivity contribution in [2.24, 2.45) is 5.92 Å². The molecule has 0 radical (unpaired) electrons. The minimum Gasteiger partial charge on any atom is -0.455 e. The SMILES string of the molecule is Cc1ccc(S(=O)(=O)N2CCC(C(=O)OCc3nc(C(C)C)no3)CC2)cc1C. The van der Waals surface area contributed by atoms with Crippen molar-refractivity contribution in [3.8, 4) is 0 Å². The fourth-order valence-corrected chi connectivity index (χ4v) is 4.72. The van der Waals surface area contributed by atoms with Crippen LogP contribution in [0, 0.1) is 19.8 Å². The summed E-state index contributed by atoms with van der Waals surface area (Å²) < 4.78 is 37.6. The molecular weight excluding hydrogens is 394 g/mol. The molecule has 29 heavy (non-hydrogen) atoms. The first kappa shape index (κ1) is 21.4. The van der Waals surface area contributed by atoms with Crippen molar-refractivity contribution >= 4 is 16.0 Å². The minimum atomic E-state index is -3.56. The Labute approximate surface area is 171 Å². The van der Waals surface area contributed by atoms with Gasteiger partial charge in [-0.05, 0) is 49.9 Å². The minimum absolute atomic E-state index is 0.0697. The van der Waals surface area contributed by atoms with Gasteiger partial charge in [-0.3, -0.25) is 4.79 Å². The van der Waals surface area contributed by atoms with Crippen LogP contribution in [0.1, 0.15) is 55.4 Å². The van der Waals surface area contributed by atoms with Crippen LogP contribution in [0.5, 0.6) is 0 Å². The van der Waals surface area contributed by atoms with Crippen LogP contribution < -0.4 is 0 Å².